The van der Waals surface area contributed by atoms with Crippen molar-refractivity contribution in [1.82, 2.24) is 0 Å². The third-order valence-corrected chi connectivity index (χ3v) is 3.38. The van der Waals surface area contributed by atoms with Crippen molar-refractivity contribution in [2.75, 3.05) is 12.5 Å². The van der Waals surface area contributed by atoms with Gasteiger partial charge in [0.2, 0.25) is 0 Å². The molecule has 0 aromatic heterocycles. The summed E-state index contributed by atoms with van der Waals surface area (Å²) in [6.45, 7) is 5.46. The highest BCUT2D eigenvalue weighted by atomic mass is 35.5. The van der Waals surface area contributed by atoms with Crippen LogP contribution in [0.25, 0.3) is 0 Å². The van der Waals surface area contributed by atoms with Crippen molar-refractivity contribution in [3.8, 4) is 0 Å². The second kappa shape index (κ2) is 7.83. The van der Waals surface area contributed by atoms with Crippen LogP contribution in [0.3, 0.4) is 0 Å². The lowest BCUT2D eigenvalue weighted by molar-refractivity contribution is 0.122. The van der Waals surface area contributed by atoms with Gasteiger partial charge in [0.05, 0.1) is 0 Å². The molecule has 0 bridgehead atoms. The molecule has 0 fully saturated rings. The molecule has 0 heterocycles. The first-order valence-electron chi connectivity index (χ1n) is 5.29. The Bertz CT molecular complexity index is 113. The summed E-state index contributed by atoms with van der Waals surface area (Å²) in [4.78, 5) is 0. The molecule has 0 aliphatic heterocycles. The third kappa shape index (κ3) is 5.04. The largest absolute Gasteiger partial charge is 0.427 e. The fourth-order valence-corrected chi connectivity index (χ4v) is 2.75. The van der Waals surface area contributed by atoms with E-state index in [2.05, 4.69) is 13.8 Å². The van der Waals surface area contributed by atoms with Crippen molar-refractivity contribution in [3.05, 3.63) is 0 Å². The number of hydrogen-bond acceptors (Lipinski definition) is 1. The van der Waals surface area contributed by atoms with Gasteiger partial charge >= 0.3 is 0 Å². The molecule has 0 rings (SSSR count). The molecule has 0 saturated carbocycles. The van der Waals surface area contributed by atoms with Gasteiger partial charge in [-0.3, -0.25) is 0 Å². The molecule has 3 heteroatoms. The fourth-order valence-electron chi connectivity index (χ4n) is 2.00. The van der Waals surface area contributed by atoms with Gasteiger partial charge in [0.25, 0.3) is 0 Å². The van der Waals surface area contributed by atoms with Crippen LogP contribution >= 0.6 is 11.6 Å². The number of alkyl halides is 1. The Hall–Kier alpha value is 0.467. The predicted molar refractivity (Wildman–Crippen MR) is 63.5 cm³/mol. The normalized spacial score (nSPS) is 15.9. The van der Waals surface area contributed by atoms with Gasteiger partial charge < -0.3 is 4.43 Å². The summed E-state index contributed by atoms with van der Waals surface area (Å²) in [5, 5.41) is 0. The van der Waals surface area contributed by atoms with E-state index in [1.54, 1.807) is 0 Å². The molecule has 0 aliphatic rings. The molecule has 0 radical (unpaired) electrons. The lowest BCUT2D eigenvalue weighted by atomic mass is 9.78. The highest BCUT2D eigenvalue weighted by molar-refractivity contribution is 6.17. The minimum Gasteiger partial charge on any atom is -0.427 e. The van der Waals surface area contributed by atoms with E-state index in [-0.39, 0.29) is 0 Å². The van der Waals surface area contributed by atoms with Gasteiger partial charge in [-0.2, -0.15) is 0 Å². The van der Waals surface area contributed by atoms with Gasteiger partial charge in [0, 0.05) is 12.5 Å². The number of halogens is 1. The maximum Gasteiger partial charge on any atom is 0.145 e. The summed E-state index contributed by atoms with van der Waals surface area (Å²) < 4.78 is 5.44. The molecule has 0 aromatic carbocycles. The summed E-state index contributed by atoms with van der Waals surface area (Å²) >= 11 is 5.73. The van der Waals surface area contributed by atoms with E-state index < -0.39 is 0 Å². The van der Waals surface area contributed by atoms with E-state index in [9.17, 15) is 0 Å². The second-order valence-electron chi connectivity index (χ2n) is 3.83. The van der Waals surface area contributed by atoms with E-state index in [0.717, 1.165) is 29.4 Å². The summed E-state index contributed by atoms with van der Waals surface area (Å²) in [5.41, 5.74) is 0.422. The Morgan fingerprint density at radius 1 is 1.31 bits per heavy atom. The summed E-state index contributed by atoms with van der Waals surface area (Å²) in [7, 11) is 0.857. The van der Waals surface area contributed by atoms with Gasteiger partial charge in [0.1, 0.15) is 10.5 Å². The minimum atomic E-state index is 0.422. The average Bonchev–Trinajstić information content (AvgIpc) is 2.15. The van der Waals surface area contributed by atoms with E-state index in [1.165, 1.54) is 25.7 Å². The highest BCUT2D eigenvalue weighted by Gasteiger charge is 2.25. The molecular formula is C10H23ClOSi. The molecule has 0 saturated heterocycles. The van der Waals surface area contributed by atoms with Crippen molar-refractivity contribution in [3.63, 3.8) is 0 Å². The Morgan fingerprint density at radius 3 is 2.38 bits per heavy atom. The zero-order valence-corrected chi connectivity index (χ0v) is 12.0. The van der Waals surface area contributed by atoms with Gasteiger partial charge in [-0.1, -0.05) is 20.3 Å². The van der Waals surface area contributed by atoms with Crippen LogP contribution in [-0.4, -0.2) is 23.0 Å². The molecule has 80 valence electrons. The summed E-state index contributed by atoms with van der Waals surface area (Å²) in [6, 6.07) is 0. The zero-order chi connectivity index (χ0) is 10.2. The van der Waals surface area contributed by atoms with Crippen molar-refractivity contribution in [2.24, 2.45) is 5.41 Å². The van der Waals surface area contributed by atoms with Gasteiger partial charge in [-0.15, -0.1) is 11.6 Å². The van der Waals surface area contributed by atoms with Crippen LogP contribution in [0.2, 0.25) is 0 Å². The van der Waals surface area contributed by atoms with Crippen LogP contribution in [0.4, 0.5) is 0 Å². The van der Waals surface area contributed by atoms with E-state index >= 15 is 0 Å². The smallest absolute Gasteiger partial charge is 0.145 e. The van der Waals surface area contributed by atoms with Crippen LogP contribution in [0.1, 0.15) is 46.0 Å². The molecule has 1 atom stereocenters. The maximum atomic E-state index is 5.73. The molecule has 1 nitrogen and oxygen atoms in total. The highest BCUT2D eigenvalue weighted by Crippen LogP contribution is 2.33. The predicted octanol–water partition coefficient (Wildman–Crippen LogP) is 2.50. The second-order valence-corrected chi connectivity index (χ2v) is 4.78. The van der Waals surface area contributed by atoms with Crippen LogP contribution in [0.15, 0.2) is 0 Å². The van der Waals surface area contributed by atoms with Crippen LogP contribution in [-0.2, 0) is 4.43 Å². The molecule has 1 unspecified atom stereocenters. The first-order chi connectivity index (χ1) is 6.24. The molecule has 0 aliphatic carbocycles. The lowest BCUT2D eigenvalue weighted by Gasteiger charge is -2.32. The van der Waals surface area contributed by atoms with E-state index in [1.807, 2.05) is 0 Å². The quantitative estimate of drug-likeness (QED) is 0.453. The standard InChI is InChI=1S/C10H23ClOSi/c1-3-6-10(4-2,9-12-13)7-5-8-11/h3-9H2,1-2,13H3. The molecule has 0 spiro atoms. The molecule has 13 heavy (non-hydrogen) atoms. The van der Waals surface area contributed by atoms with Crippen molar-refractivity contribution < 1.29 is 4.43 Å². The Balaban J connectivity index is 4.07. The van der Waals surface area contributed by atoms with Crippen molar-refractivity contribution >= 4 is 22.1 Å². The monoisotopic (exact) mass is 222 g/mol. The third-order valence-electron chi connectivity index (χ3n) is 2.82. The van der Waals surface area contributed by atoms with Crippen LogP contribution in [0, 0.1) is 5.41 Å². The van der Waals surface area contributed by atoms with E-state index in [0.29, 0.717) is 5.41 Å². The Labute approximate surface area is 90.7 Å². The molecular weight excluding hydrogens is 200 g/mol. The van der Waals surface area contributed by atoms with Gasteiger partial charge in [-0.05, 0) is 31.1 Å². The van der Waals surface area contributed by atoms with Crippen molar-refractivity contribution in [2.45, 2.75) is 46.0 Å². The van der Waals surface area contributed by atoms with E-state index in [4.69, 9.17) is 16.0 Å². The summed E-state index contributed by atoms with van der Waals surface area (Å²) in [5.74, 6) is 0.784. The number of rotatable bonds is 8. The maximum absolute atomic E-state index is 5.73. The SMILES string of the molecule is CCCC(CC)(CCCCl)CO[SiH3]. The molecule has 0 amide bonds. The first kappa shape index (κ1) is 13.5. The summed E-state index contributed by atoms with van der Waals surface area (Å²) in [6.07, 6.45) is 6.10. The minimum absolute atomic E-state index is 0.422. The van der Waals surface area contributed by atoms with Crippen LogP contribution in [0.5, 0.6) is 0 Å². The van der Waals surface area contributed by atoms with Gasteiger partial charge in [0.15, 0.2) is 0 Å². The van der Waals surface area contributed by atoms with Gasteiger partial charge in [-0.25, -0.2) is 0 Å². The topological polar surface area (TPSA) is 9.23 Å². The first-order valence-corrected chi connectivity index (χ1v) is 6.64. The Morgan fingerprint density at radius 2 is 2.00 bits per heavy atom. The average molecular weight is 223 g/mol. The lowest BCUT2D eigenvalue weighted by Crippen LogP contribution is -2.26. The van der Waals surface area contributed by atoms with Crippen LogP contribution < -0.4 is 0 Å². The Kier molecular flexibility index (Phi) is 8.11. The molecule has 0 aromatic rings. The zero-order valence-electron chi connectivity index (χ0n) is 9.24. The molecule has 0 N–H and O–H groups in total. The number of hydrogen-bond donors (Lipinski definition) is 0. The van der Waals surface area contributed by atoms with Crippen molar-refractivity contribution in [1.29, 1.82) is 0 Å². The fraction of sp³-hybridized carbons (Fsp3) is 1.00.